The van der Waals surface area contributed by atoms with E-state index < -0.39 is 0 Å². The van der Waals surface area contributed by atoms with Crippen LogP contribution in [-0.2, 0) is 6.42 Å². The largest absolute Gasteiger partial charge is 0.460 e. The number of ketones is 1. The molecule has 1 aliphatic carbocycles. The number of carbonyl (C=O) groups is 2. The lowest BCUT2D eigenvalue weighted by Crippen LogP contribution is -2.38. The fraction of sp³-hybridized carbons (Fsp3) is 0.318. The molecule has 31 heavy (non-hydrogen) atoms. The van der Waals surface area contributed by atoms with Crippen LogP contribution in [0.5, 0.6) is 6.01 Å². The van der Waals surface area contributed by atoms with Crippen LogP contribution < -0.4 is 15.0 Å². The van der Waals surface area contributed by atoms with Gasteiger partial charge in [0.05, 0.1) is 0 Å². The molecular formula is C22H21N5O3S. The van der Waals surface area contributed by atoms with Gasteiger partial charge < -0.3 is 15.0 Å². The number of aromatic nitrogens is 3. The highest BCUT2D eigenvalue weighted by atomic mass is 32.1. The lowest BCUT2D eigenvalue weighted by molar-refractivity contribution is 0.0992. The van der Waals surface area contributed by atoms with Crippen molar-refractivity contribution in [2.75, 3.05) is 23.3 Å². The number of thiazole rings is 1. The fourth-order valence-electron chi connectivity index (χ4n) is 3.90. The van der Waals surface area contributed by atoms with Gasteiger partial charge in [-0.25, -0.2) is 15.0 Å². The molecule has 1 aromatic carbocycles. The molecule has 1 amide bonds. The van der Waals surface area contributed by atoms with Crippen molar-refractivity contribution in [3.63, 3.8) is 0 Å². The average molecular weight is 436 g/mol. The maximum atomic E-state index is 12.6. The van der Waals surface area contributed by atoms with Crippen molar-refractivity contribution in [1.29, 1.82) is 0 Å². The Bertz CT molecular complexity index is 1110. The zero-order valence-corrected chi connectivity index (χ0v) is 17.6. The molecule has 0 atom stereocenters. The van der Waals surface area contributed by atoms with Crippen molar-refractivity contribution >= 4 is 33.8 Å². The molecule has 3 heterocycles. The van der Waals surface area contributed by atoms with Crippen LogP contribution in [0.2, 0.25) is 0 Å². The Morgan fingerprint density at radius 3 is 2.77 bits per heavy atom. The molecule has 5 rings (SSSR count). The molecule has 1 saturated heterocycles. The number of amides is 1. The second kappa shape index (κ2) is 8.43. The van der Waals surface area contributed by atoms with E-state index >= 15 is 0 Å². The zero-order valence-electron chi connectivity index (χ0n) is 16.8. The van der Waals surface area contributed by atoms with Gasteiger partial charge in [-0.05, 0) is 36.2 Å². The maximum absolute atomic E-state index is 12.6. The number of anilines is 2. The van der Waals surface area contributed by atoms with E-state index in [1.54, 1.807) is 36.0 Å². The summed E-state index contributed by atoms with van der Waals surface area (Å²) in [6, 6.07) is 7.61. The summed E-state index contributed by atoms with van der Waals surface area (Å²) in [5.74, 6) is -0.0753. The average Bonchev–Trinajstić information content (AvgIpc) is 3.43. The third kappa shape index (κ3) is 4.27. The highest BCUT2D eigenvalue weighted by molar-refractivity contribution is 7.14. The Labute approximate surface area is 183 Å². The Morgan fingerprint density at radius 2 is 1.97 bits per heavy atom. The summed E-state index contributed by atoms with van der Waals surface area (Å²) in [5, 5.41) is 5.51. The summed E-state index contributed by atoms with van der Waals surface area (Å²) in [4.78, 5) is 39.3. The number of fused-ring (bicyclic) bond motifs is 1. The number of hydrogen-bond acceptors (Lipinski definition) is 8. The van der Waals surface area contributed by atoms with E-state index in [-0.39, 0.29) is 17.8 Å². The second-order valence-corrected chi connectivity index (χ2v) is 8.44. The summed E-state index contributed by atoms with van der Waals surface area (Å²) in [5.41, 5.74) is 2.84. The second-order valence-electron chi connectivity index (χ2n) is 7.60. The van der Waals surface area contributed by atoms with Gasteiger partial charge in [0.25, 0.3) is 5.91 Å². The van der Waals surface area contributed by atoms with Crippen molar-refractivity contribution in [1.82, 2.24) is 15.0 Å². The van der Waals surface area contributed by atoms with E-state index in [9.17, 15) is 9.59 Å². The third-order valence-corrected chi connectivity index (χ3v) is 6.44. The number of benzene rings is 1. The van der Waals surface area contributed by atoms with Gasteiger partial charge in [-0.1, -0.05) is 0 Å². The van der Waals surface area contributed by atoms with Crippen LogP contribution >= 0.6 is 11.3 Å². The number of carbonyl (C=O) groups excluding carboxylic acids is 2. The van der Waals surface area contributed by atoms with E-state index in [1.165, 1.54) is 11.3 Å². The molecule has 1 N–H and O–H groups in total. The summed E-state index contributed by atoms with van der Waals surface area (Å²) >= 11 is 1.46. The maximum Gasteiger partial charge on any atom is 0.316 e. The number of nitrogens with zero attached hydrogens (tertiary/aromatic N) is 4. The number of rotatable bonds is 5. The first kappa shape index (κ1) is 19.6. The van der Waals surface area contributed by atoms with Crippen molar-refractivity contribution in [2.24, 2.45) is 0 Å². The van der Waals surface area contributed by atoms with Crippen LogP contribution in [-0.4, -0.2) is 45.8 Å². The topological polar surface area (TPSA) is 97.3 Å². The molecule has 0 saturated carbocycles. The van der Waals surface area contributed by atoms with Crippen molar-refractivity contribution in [3.8, 4) is 6.01 Å². The molecule has 0 spiro atoms. The van der Waals surface area contributed by atoms with Crippen LogP contribution in [0.4, 0.5) is 10.8 Å². The lowest BCUT2D eigenvalue weighted by Gasteiger charge is -2.31. The molecule has 0 radical (unpaired) electrons. The van der Waals surface area contributed by atoms with Gasteiger partial charge in [0.15, 0.2) is 10.9 Å². The smallest absolute Gasteiger partial charge is 0.316 e. The van der Waals surface area contributed by atoms with E-state index in [1.807, 2.05) is 6.07 Å². The highest BCUT2D eigenvalue weighted by Crippen LogP contribution is 2.27. The number of ether oxygens (including phenoxy) is 1. The fourth-order valence-corrected chi connectivity index (χ4v) is 4.76. The van der Waals surface area contributed by atoms with Crippen LogP contribution in [0.1, 0.15) is 45.7 Å². The molecule has 3 aromatic rings. The summed E-state index contributed by atoms with van der Waals surface area (Å²) in [7, 11) is 0. The summed E-state index contributed by atoms with van der Waals surface area (Å²) in [6.07, 6.45) is 6.37. The Hall–Kier alpha value is -3.33. The minimum atomic E-state index is -0.244. The van der Waals surface area contributed by atoms with Gasteiger partial charge in [-0.2, -0.15) is 0 Å². The van der Waals surface area contributed by atoms with Crippen molar-refractivity contribution in [3.05, 3.63) is 58.9 Å². The standard InChI is InChI=1S/C22H21N5O3S/c28-19-5-2-14-12-15(3-4-17(14)19)25-20(29)18-13-31-22(26-18)27-10-6-16(7-11-27)30-21-23-8-1-9-24-21/h1,3-4,8-9,12-13,16H,2,5-7,10-11H2,(H,25,29). The Kier molecular flexibility index (Phi) is 5.33. The van der Waals surface area contributed by atoms with Gasteiger partial charge in [-0.3, -0.25) is 9.59 Å². The van der Waals surface area contributed by atoms with Crippen LogP contribution in [0, 0.1) is 0 Å². The van der Waals surface area contributed by atoms with Crippen LogP contribution in [0.15, 0.2) is 42.0 Å². The summed E-state index contributed by atoms with van der Waals surface area (Å²) in [6.45, 7) is 1.59. The molecule has 9 heteroatoms. The van der Waals surface area contributed by atoms with Crippen LogP contribution in [0.3, 0.4) is 0 Å². The molecule has 2 aromatic heterocycles. The van der Waals surface area contributed by atoms with Crippen LogP contribution in [0.25, 0.3) is 0 Å². The van der Waals surface area contributed by atoms with Gasteiger partial charge in [0, 0.05) is 61.4 Å². The zero-order chi connectivity index (χ0) is 21.2. The van der Waals surface area contributed by atoms with E-state index in [0.29, 0.717) is 23.8 Å². The van der Waals surface area contributed by atoms with Crippen molar-refractivity contribution in [2.45, 2.75) is 31.8 Å². The molecule has 1 fully saturated rings. The molecular weight excluding hydrogens is 414 g/mol. The number of hydrogen-bond donors (Lipinski definition) is 1. The normalized spacial score (nSPS) is 16.3. The number of nitrogens with one attached hydrogen (secondary N) is 1. The monoisotopic (exact) mass is 435 g/mol. The first-order valence-corrected chi connectivity index (χ1v) is 11.2. The van der Waals surface area contributed by atoms with Gasteiger partial charge in [-0.15, -0.1) is 11.3 Å². The van der Waals surface area contributed by atoms with E-state index in [2.05, 4.69) is 25.2 Å². The molecule has 8 nitrogen and oxygen atoms in total. The number of aryl methyl sites for hydroxylation is 1. The van der Waals surface area contributed by atoms with Gasteiger partial charge in [0.1, 0.15) is 11.8 Å². The summed E-state index contributed by atoms with van der Waals surface area (Å²) < 4.78 is 5.84. The minimum Gasteiger partial charge on any atom is -0.460 e. The van der Waals surface area contributed by atoms with E-state index in [4.69, 9.17) is 4.74 Å². The lowest BCUT2D eigenvalue weighted by atomic mass is 10.1. The molecule has 0 bridgehead atoms. The Balaban J connectivity index is 1.18. The SMILES string of the molecule is O=C(Nc1ccc2c(c1)CCC2=O)c1csc(N2CCC(Oc3ncccn3)CC2)n1. The quantitative estimate of drug-likeness (QED) is 0.656. The number of Topliss-reactive ketones (excluding diaryl/α,β-unsaturated/α-hetero) is 1. The van der Waals surface area contributed by atoms with Crippen molar-refractivity contribution < 1.29 is 14.3 Å². The highest BCUT2D eigenvalue weighted by Gasteiger charge is 2.24. The third-order valence-electron chi connectivity index (χ3n) is 5.54. The molecule has 158 valence electrons. The first-order chi connectivity index (χ1) is 15.2. The molecule has 0 unspecified atom stereocenters. The molecule has 2 aliphatic rings. The first-order valence-electron chi connectivity index (χ1n) is 10.3. The van der Waals surface area contributed by atoms with Gasteiger partial charge in [0.2, 0.25) is 0 Å². The number of piperidine rings is 1. The Morgan fingerprint density at radius 1 is 1.16 bits per heavy atom. The molecule has 1 aliphatic heterocycles. The minimum absolute atomic E-state index is 0.0769. The predicted octanol–water partition coefficient (Wildman–Crippen LogP) is 3.36. The van der Waals surface area contributed by atoms with E-state index in [0.717, 1.165) is 48.6 Å². The predicted molar refractivity (Wildman–Crippen MR) is 117 cm³/mol. The van der Waals surface area contributed by atoms with Gasteiger partial charge >= 0.3 is 6.01 Å².